The summed E-state index contributed by atoms with van der Waals surface area (Å²) in [6, 6.07) is 12.1. The van der Waals surface area contributed by atoms with Crippen molar-refractivity contribution in [1.82, 2.24) is 10.6 Å². The van der Waals surface area contributed by atoms with E-state index in [4.69, 9.17) is 0 Å². The van der Waals surface area contributed by atoms with Crippen LogP contribution in [0.2, 0.25) is 0 Å². The lowest BCUT2D eigenvalue weighted by molar-refractivity contribution is -0.122. The van der Waals surface area contributed by atoms with Gasteiger partial charge in [0.05, 0.1) is 10.6 Å². The molecular formula is C21H27N3O4S. The molecule has 1 atom stereocenters. The first-order valence-electron chi connectivity index (χ1n) is 9.41. The molecule has 0 aliphatic carbocycles. The van der Waals surface area contributed by atoms with Crippen molar-refractivity contribution in [3.63, 3.8) is 0 Å². The Morgan fingerprint density at radius 3 is 2.17 bits per heavy atom. The third kappa shape index (κ3) is 5.57. The number of anilines is 1. The number of benzene rings is 2. The molecule has 0 saturated heterocycles. The summed E-state index contributed by atoms with van der Waals surface area (Å²) in [5, 5.41) is 5.35. The second kappa shape index (κ2) is 9.56. The van der Waals surface area contributed by atoms with Crippen LogP contribution in [0.1, 0.15) is 36.2 Å². The molecule has 0 spiro atoms. The topological polar surface area (TPSA) is 95.6 Å². The predicted octanol–water partition coefficient (Wildman–Crippen LogP) is 2.46. The lowest BCUT2D eigenvalue weighted by atomic mass is 10.2. The Kier molecular flexibility index (Phi) is 7.39. The van der Waals surface area contributed by atoms with E-state index in [1.807, 2.05) is 13.8 Å². The first-order valence-corrected chi connectivity index (χ1v) is 10.8. The zero-order valence-electron chi connectivity index (χ0n) is 17.1. The Bertz CT molecular complexity index is 954. The van der Waals surface area contributed by atoms with Gasteiger partial charge >= 0.3 is 0 Å². The van der Waals surface area contributed by atoms with E-state index in [-0.39, 0.29) is 10.8 Å². The highest BCUT2D eigenvalue weighted by atomic mass is 32.2. The van der Waals surface area contributed by atoms with Crippen molar-refractivity contribution >= 4 is 27.5 Å². The number of hydrogen-bond donors (Lipinski definition) is 2. The molecule has 2 aromatic rings. The van der Waals surface area contributed by atoms with Crippen LogP contribution in [-0.2, 0) is 14.8 Å². The maximum Gasteiger partial charge on any atom is 0.264 e. The van der Waals surface area contributed by atoms with Crippen molar-refractivity contribution in [2.75, 3.05) is 17.9 Å². The van der Waals surface area contributed by atoms with Gasteiger partial charge in [-0.25, -0.2) is 8.42 Å². The number of rotatable bonds is 8. The summed E-state index contributed by atoms with van der Waals surface area (Å²) < 4.78 is 26.7. The summed E-state index contributed by atoms with van der Waals surface area (Å²) in [6.45, 7) is 5.99. The van der Waals surface area contributed by atoms with E-state index in [0.717, 1.165) is 12.0 Å². The fourth-order valence-electron chi connectivity index (χ4n) is 2.58. The van der Waals surface area contributed by atoms with Crippen LogP contribution in [0.25, 0.3) is 0 Å². The van der Waals surface area contributed by atoms with Crippen LogP contribution in [0.3, 0.4) is 0 Å². The van der Waals surface area contributed by atoms with Gasteiger partial charge in [-0.15, -0.1) is 0 Å². The minimum absolute atomic E-state index is 0.194. The molecule has 2 aromatic carbocycles. The van der Waals surface area contributed by atoms with Gasteiger partial charge in [0.2, 0.25) is 5.91 Å². The number of amides is 2. The van der Waals surface area contributed by atoms with Crippen molar-refractivity contribution in [1.29, 1.82) is 0 Å². The molecule has 0 aliphatic heterocycles. The summed E-state index contributed by atoms with van der Waals surface area (Å²) in [5.41, 5.74) is 1.74. The molecule has 8 heteroatoms. The van der Waals surface area contributed by atoms with Crippen LogP contribution >= 0.6 is 0 Å². The third-order valence-electron chi connectivity index (χ3n) is 4.46. The zero-order valence-corrected chi connectivity index (χ0v) is 17.9. The lowest BCUT2D eigenvalue weighted by Gasteiger charge is -2.20. The third-order valence-corrected chi connectivity index (χ3v) is 6.26. The summed E-state index contributed by atoms with van der Waals surface area (Å²) in [7, 11) is -2.24. The molecule has 2 rings (SSSR count). The van der Waals surface area contributed by atoms with E-state index in [9.17, 15) is 18.0 Å². The fourth-order valence-corrected chi connectivity index (χ4v) is 3.77. The maximum absolute atomic E-state index is 12.8. The van der Waals surface area contributed by atoms with E-state index in [2.05, 4.69) is 10.6 Å². The number of aryl methyl sites for hydroxylation is 1. The van der Waals surface area contributed by atoms with Crippen LogP contribution in [0, 0.1) is 6.92 Å². The van der Waals surface area contributed by atoms with Gasteiger partial charge in [-0.05, 0) is 56.7 Å². The summed E-state index contributed by atoms with van der Waals surface area (Å²) in [5.74, 6) is -0.652. The van der Waals surface area contributed by atoms with Crippen LogP contribution in [0.4, 0.5) is 5.69 Å². The summed E-state index contributed by atoms with van der Waals surface area (Å²) >= 11 is 0. The molecule has 2 N–H and O–H groups in total. The number of carbonyl (C=O) groups is 2. The van der Waals surface area contributed by atoms with Crippen molar-refractivity contribution in [2.24, 2.45) is 0 Å². The van der Waals surface area contributed by atoms with Gasteiger partial charge in [0.1, 0.15) is 6.04 Å². The van der Waals surface area contributed by atoms with Gasteiger partial charge in [-0.2, -0.15) is 0 Å². The second-order valence-corrected chi connectivity index (χ2v) is 8.79. The lowest BCUT2D eigenvalue weighted by Crippen LogP contribution is -2.45. The van der Waals surface area contributed by atoms with Gasteiger partial charge in [0.25, 0.3) is 15.9 Å². The molecule has 0 unspecified atom stereocenters. The average Bonchev–Trinajstić information content (AvgIpc) is 2.71. The molecule has 0 bridgehead atoms. The van der Waals surface area contributed by atoms with E-state index in [0.29, 0.717) is 17.8 Å². The Balaban J connectivity index is 2.10. The highest BCUT2D eigenvalue weighted by molar-refractivity contribution is 7.92. The van der Waals surface area contributed by atoms with E-state index < -0.39 is 22.0 Å². The quantitative estimate of drug-likeness (QED) is 0.690. The Morgan fingerprint density at radius 2 is 1.62 bits per heavy atom. The first kappa shape index (κ1) is 22.4. The number of nitrogens with zero attached hydrogens (tertiary/aromatic N) is 1. The summed E-state index contributed by atoms with van der Waals surface area (Å²) in [6.07, 6.45) is 0.812. The number of hydrogen-bond acceptors (Lipinski definition) is 4. The predicted molar refractivity (Wildman–Crippen MR) is 113 cm³/mol. The number of carbonyl (C=O) groups excluding carboxylic acids is 2. The monoisotopic (exact) mass is 417 g/mol. The van der Waals surface area contributed by atoms with Gasteiger partial charge in [-0.3, -0.25) is 13.9 Å². The summed E-state index contributed by atoms with van der Waals surface area (Å²) in [4.78, 5) is 24.4. The van der Waals surface area contributed by atoms with Crippen LogP contribution in [-0.4, -0.2) is 39.9 Å². The first-order chi connectivity index (χ1) is 13.7. The molecule has 156 valence electrons. The molecule has 2 amide bonds. The second-order valence-electron chi connectivity index (χ2n) is 6.82. The average molecular weight is 418 g/mol. The minimum Gasteiger partial charge on any atom is -0.354 e. The molecule has 29 heavy (non-hydrogen) atoms. The standard InChI is InChI=1S/C21H27N3O4S/c1-5-14-22-20(25)16(3)23-21(26)17-8-10-18(11-9-17)24(4)29(27,28)19-12-6-15(2)7-13-19/h6-13,16H,5,14H2,1-4H3,(H,22,25)(H,23,26)/t16-/m0/s1. The largest absolute Gasteiger partial charge is 0.354 e. The molecule has 0 aliphatic rings. The van der Waals surface area contributed by atoms with E-state index in [1.54, 1.807) is 43.3 Å². The highest BCUT2D eigenvalue weighted by Crippen LogP contribution is 2.22. The normalized spacial score (nSPS) is 12.1. The van der Waals surface area contributed by atoms with E-state index >= 15 is 0 Å². The number of nitrogens with one attached hydrogen (secondary N) is 2. The maximum atomic E-state index is 12.8. The van der Waals surface area contributed by atoms with Crippen LogP contribution in [0.15, 0.2) is 53.4 Å². The molecule has 7 nitrogen and oxygen atoms in total. The van der Waals surface area contributed by atoms with Gasteiger partial charge in [0, 0.05) is 19.2 Å². The Hall–Kier alpha value is -2.87. The van der Waals surface area contributed by atoms with Gasteiger partial charge < -0.3 is 10.6 Å². The molecule has 0 heterocycles. The molecule has 0 saturated carbocycles. The minimum atomic E-state index is -3.70. The van der Waals surface area contributed by atoms with Crippen molar-refractivity contribution < 1.29 is 18.0 Å². The Labute approximate surface area is 172 Å². The Morgan fingerprint density at radius 1 is 1.03 bits per heavy atom. The fraction of sp³-hybridized carbons (Fsp3) is 0.333. The van der Waals surface area contributed by atoms with Crippen LogP contribution in [0.5, 0.6) is 0 Å². The molecule has 0 aromatic heterocycles. The van der Waals surface area contributed by atoms with Crippen LogP contribution < -0.4 is 14.9 Å². The SMILES string of the molecule is CCCNC(=O)[C@H](C)NC(=O)c1ccc(N(C)S(=O)(=O)c2ccc(C)cc2)cc1. The smallest absolute Gasteiger partial charge is 0.264 e. The highest BCUT2D eigenvalue weighted by Gasteiger charge is 2.22. The zero-order chi connectivity index (χ0) is 21.6. The van der Waals surface area contributed by atoms with Gasteiger partial charge in [0.15, 0.2) is 0 Å². The van der Waals surface area contributed by atoms with Gasteiger partial charge in [-0.1, -0.05) is 24.6 Å². The van der Waals surface area contributed by atoms with E-state index in [1.165, 1.54) is 23.5 Å². The van der Waals surface area contributed by atoms with Crippen molar-refractivity contribution in [3.05, 3.63) is 59.7 Å². The van der Waals surface area contributed by atoms with Crippen molar-refractivity contribution in [2.45, 2.75) is 38.1 Å². The number of sulfonamides is 1. The molecular weight excluding hydrogens is 390 g/mol. The molecule has 0 fully saturated rings. The van der Waals surface area contributed by atoms with Crippen molar-refractivity contribution in [3.8, 4) is 0 Å². The molecule has 0 radical (unpaired) electrons.